The summed E-state index contributed by atoms with van der Waals surface area (Å²) in [5.41, 5.74) is -1.11. The van der Waals surface area contributed by atoms with Crippen LogP contribution in [0.4, 0.5) is 0 Å². The van der Waals surface area contributed by atoms with Crippen LogP contribution >= 0.6 is 0 Å². The number of hydrogen-bond acceptors (Lipinski definition) is 6. The van der Waals surface area contributed by atoms with Crippen LogP contribution in [0, 0.1) is 22.7 Å². The van der Waals surface area contributed by atoms with Gasteiger partial charge in [-0.1, -0.05) is 44.2 Å². The van der Waals surface area contributed by atoms with E-state index in [1.165, 1.54) is 0 Å². The van der Waals surface area contributed by atoms with Crippen molar-refractivity contribution in [1.82, 2.24) is 0 Å². The lowest BCUT2D eigenvalue weighted by molar-refractivity contribution is -0.159. The highest BCUT2D eigenvalue weighted by Crippen LogP contribution is 2.31. The molecule has 1 aromatic carbocycles. The van der Waals surface area contributed by atoms with Gasteiger partial charge in [-0.25, -0.2) is 4.79 Å². The first-order valence-corrected chi connectivity index (χ1v) is 9.01. The monoisotopic (exact) mass is 370 g/mol. The molecule has 6 nitrogen and oxygen atoms in total. The molecule has 2 atom stereocenters. The van der Waals surface area contributed by atoms with E-state index in [4.69, 9.17) is 9.47 Å². The molecule has 1 aromatic rings. The van der Waals surface area contributed by atoms with Crippen LogP contribution in [-0.4, -0.2) is 35.9 Å². The fraction of sp³-hybridized carbons (Fsp3) is 0.524. The lowest BCUT2D eigenvalue weighted by atomic mass is 9.85. The summed E-state index contributed by atoms with van der Waals surface area (Å²) in [5, 5.41) is 9.91. The second-order valence-corrected chi connectivity index (χ2v) is 8.15. The number of cyclic esters (lactones) is 1. The highest BCUT2D eigenvalue weighted by atomic mass is 16.6. The summed E-state index contributed by atoms with van der Waals surface area (Å²) in [7, 11) is 0. The van der Waals surface area contributed by atoms with Gasteiger partial charge in [-0.3, -0.25) is 9.79 Å². The SMILES string of the molecule is CC(C)[C@@H]1OC(=O)C(Cc2ccccc2)=N[C@]1(C#N)COC(=O)C(C)(C)C. The van der Waals surface area contributed by atoms with Gasteiger partial charge < -0.3 is 9.47 Å². The van der Waals surface area contributed by atoms with Crippen LogP contribution in [0.5, 0.6) is 0 Å². The van der Waals surface area contributed by atoms with Crippen LogP contribution in [0.3, 0.4) is 0 Å². The van der Waals surface area contributed by atoms with E-state index < -0.39 is 29.0 Å². The summed E-state index contributed by atoms with van der Waals surface area (Å²) < 4.78 is 11.0. The number of carbonyl (C=O) groups is 2. The summed E-state index contributed by atoms with van der Waals surface area (Å²) in [6.07, 6.45) is -0.538. The van der Waals surface area contributed by atoms with Crippen LogP contribution < -0.4 is 0 Å². The number of aliphatic imine (C=N–C) groups is 1. The zero-order valence-corrected chi connectivity index (χ0v) is 16.5. The molecular weight excluding hydrogens is 344 g/mol. The van der Waals surface area contributed by atoms with Gasteiger partial charge >= 0.3 is 11.9 Å². The van der Waals surface area contributed by atoms with Crippen molar-refractivity contribution in [2.75, 3.05) is 6.61 Å². The molecule has 0 fully saturated rings. The number of benzene rings is 1. The van der Waals surface area contributed by atoms with E-state index in [0.29, 0.717) is 0 Å². The maximum Gasteiger partial charge on any atom is 0.353 e. The Morgan fingerprint density at radius 1 is 1.33 bits per heavy atom. The van der Waals surface area contributed by atoms with Crippen molar-refractivity contribution in [2.45, 2.75) is 52.7 Å². The molecule has 0 bridgehead atoms. The highest BCUT2D eigenvalue weighted by Gasteiger charge is 2.49. The van der Waals surface area contributed by atoms with E-state index in [1.54, 1.807) is 20.8 Å². The van der Waals surface area contributed by atoms with Gasteiger partial charge in [0.05, 0.1) is 5.41 Å². The molecule has 1 heterocycles. The standard InChI is InChI=1S/C21H26N2O4/c1-14(2)17-21(12-22,13-26-19(25)20(3,4)5)23-16(18(24)27-17)11-15-9-7-6-8-10-15/h6-10,14,17H,11,13H2,1-5H3/t17-,21+/m0/s1. The number of rotatable bonds is 5. The van der Waals surface area contributed by atoms with Crippen molar-refractivity contribution < 1.29 is 19.1 Å². The van der Waals surface area contributed by atoms with Crippen LogP contribution in [0.25, 0.3) is 0 Å². The molecule has 1 aliphatic heterocycles. The Morgan fingerprint density at radius 2 is 1.96 bits per heavy atom. The fourth-order valence-electron chi connectivity index (χ4n) is 2.85. The van der Waals surface area contributed by atoms with Gasteiger partial charge in [0, 0.05) is 6.42 Å². The van der Waals surface area contributed by atoms with E-state index in [9.17, 15) is 14.9 Å². The average molecular weight is 370 g/mol. The first-order chi connectivity index (χ1) is 12.6. The van der Waals surface area contributed by atoms with Crippen LogP contribution in [0.1, 0.15) is 40.2 Å². The van der Waals surface area contributed by atoms with Gasteiger partial charge in [-0.2, -0.15) is 5.26 Å². The molecule has 0 saturated heterocycles. The van der Waals surface area contributed by atoms with Crippen molar-refractivity contribution >= 4 is 17.7 Å². The molecular formula is C21H26N2O4. The number of hydrogen-bond donors (Lipinski definition) is 0. The van der Waals surface area contributed by atoms with Gasteiger partial charge in [0.15, 0.2) is 0 Å². The normalized spacial score (nSPS) is 22.6. The van der Waals surface area contributed by atoms with Gasteiger partial charge in [0.2, 0.25) is 5.54 Å². The van der Waals surface area contributed by atoms with Crippen molar-refractivity contribution in [1.29, 1.82) is 5.26 Å². The van der Waals surface area contributed by atoms with Gasteiger partial charge in [0.1, 0.15) is 24.5 Å². The summed E-state index contributed by atoms with van der Waals surface area (Å²) >= 11 is 0. The molecule has 1 aliphatic rings. The lowest BCUT2D eigenvalue weighted by Gasteiger charge is -2.37. The molecule has 0 saturated carbocycles. The molecule has 2 rings (SSSR count). The molecule has 6 heteroatoms. The molecule has 0 aliphatic carbocycles. The molecule has 0 aromatic heterocycles. The van der Waals surface area contributed by atoms with Crippen molar-refractivity contribution in [3.05, 3.63) is 35.9 Å². The van der Waals surface area contributed by atoms with Crippen LogP contribution in [0.15, 0.2) is 35.3 Å². The maximum atomic E-state index is 12.4. The summed E-state index contributed by atoms with van der Waals surface area (Å²) in [4.78, 5) is 29.1. The average Bonchev–Trinajstić information content (AvgIpc) is 2.61. The Morgan fingerprint density at radius 3 is 2.48 bits per heavy atom. The largest absolute Gasteiger partial charge is 0.461 e. The number of nitriles is 1. The Labute approximate surface area is 160 Å². The predicted molar refractivity (Wildman–Crippen MR) is 101 cm³/mol. The number of nitrogens with zero attached hydrogens (tertiary/aromatic N) is 2. The van der Waals surface area contributed by atoms with Gasteiger partial charge in [0.25, 0.3) is 0 Å². The zero-order chi connectivity index (χ0) is 20.2. The lowest BCUT2D eigenvalue weighted by Crippen LogP contribution is -2.54. The molecule has 144 valence electrons. The van der Waals surface area contributed by atoms with E-state index >= 15 is 0 Å². The zero-order valence-electron chi connectivity index (χ0n) is 16.5. The maximum absolute atomic E-state index is 12.4. The van der Waals surface area contributed by atoms with Crippen molar-refractivity contribution in [3.63, 3.8) is 0 Å². The summed E-state index contributed by atoms with van der Waals surface area (Å²) in [6.45, 7) is 8.63. The predicted octanol–water partition coefficient (Wildman–Crippen LogP) is 3.10. The van der Waals surface area contributed by atoms with Crippen LogP contribution in [0.2, 0.25) is 0 Å². The fourth-order valence-corrected chi connectivity index (χ4v) is 2.85. The Bertz CT molecular complexity index is 772. The third-order valence-electron chi connectivity index (χ3n) is 4.32. The minimum atomic E-state index is -1.45. The second kappa shape index (κ2) is 7.91. The van der Waals surface area contributed by atoms with E-state index in [-0.39, 0.29) is 24.7 Å². The molecule has 0 radical (unpaired) electrons. The number of carbonyl (C=O) groups excluding carboxylic acids is 2. The molecule has 0 spiro atoms. The summed E-state index contributed by atoms with van der Waals surface area (Å²) in [5.74, 6) is -1.13. The third-order valence-corrected chi connectivity index (χ3v) is 4.32. The third kappa shape index (κ3) is 4.73. The Balaban J connectivity index is 2.37. The van der Waals surface area contributed by atoms with Crippen molar-refractivity contribution in [3.8, 4) is 6.07 Å². The number of ether oxygens (including phenoxy) is 2. The summed E-state index contributed by atoms with van der Waals surface area (Å²) in [6, 6.07) is 11.5. The first-order valence-electron chi connectivity index (χ1n) is 9.01. The first kappa shape index (κ1) is 20.6. The topological polar surface area (TPSA) is 88.8 Å². The molecule has 0 amide bonds. The quantitative estimate of drug-likeness (QED) is 0.743. The molecule has 27 heavy (non-hydrogen) atoms. The second-order valence-electron chi connectivity index (χ2n) is 8.15. The van der Waals surface area contributed by atoms with Crippen molar-refractivity contribution in [2.24, 2.45) is 16.3 Å². The van der Waals surface area contributed by atoms with E-state index in [2.05, 4.69) is 11.1 Å². The van der Waals surface area contributed by atoms with E-state index in [0.717, 1.165) is 5.56 Å². The van der Waals surface area contributed by atoms with Crippen LogP contribution in [-0.2, 0) is 25.5 Å². The number of esters is 2. The van der Waals surface area contributed by atoms with Gasteiger partial charge in [-0.05, 0) is 32.3 Å². The minimum absolute atomic E-state index is 0.159. The van der Waals surface area contributed by atoms with Gasteiger partial charge in [-0.15, -0.1) is 0 Å². The van der Waals surface area contributed by atoms with E-state index in [1.807, 2.05) is 44.2 Å². The smallest absolute Gasteiger partial charge is 0.353 e. The Kier molecular flexibility index (Phi) is 6.04. The molecule has 0 N–H and O–H groups in total. The Hall–Kier alpha value is -2.68. The molecule has 0 unspecified atom stereocenters. The minimum Gasteiger partial charge on any atom is -0.461 e. The highest BCUT2D eigenvalue weighted by molar-refractivity contribution is 6.37.